The predicted octanol–water partition coefficient (Wildman–Crippen LogP) is 4.13. The lowest BCUT2D eigenvalue weighted by Crippen LogP contribution is -2.35. The van der Waals surface area contributed by atoms with Gasteiger partial charge in [0.15, 0.2) is 0 Å². The van der Waals surface area contributed by atoms with Crippen LogP contribution in [0, 0.1) is 6.92 Å². The predicted molar refractivity (Wildman–Crippen MR) is 124 cm³/mol. The topological polar surface area (TPSA) is 105 Å². The lowest BCUT2D eigenvalue weighted by molar-refractivity contribution is -0.211. The molecule has 1 amide bonds. The van der Waals surface area contributed by atoms with Crippen LogP contribution in [0.2, 0.25) is 0 Å². The summed E-state index contributed by atoms with van der Waals surface area (Å²) in [6, 6.07) is 10.2. The zero-order valence-electron chi connectivity index (χ0n) is 18.5. The molecule has 1 aromatic heterocycles. The number of benzene rings is 2. The third-order valence-corrected chi connectivity index (χ3v) is 6.27. The largest absolute Gasteiger partial charge is 0.501 e. The van der Waals surface area contributed by atoms with Gasteiger partial charge in [0.1, 0.15) is 16.6 Å². The van der Waals surface area contributed by atoms with Crippen LogP contribution in [0.1, 0.15) is 23.9 Å². The van der Waals surface area contributed by atoms with Gasteiger partial charge >= 0.3 is 12.1 Å². The first kappa shape index (κ1) is 23.6. The Hall–Kier alpha value is -3.60. The lowest BCUT2D eigenvalue weighted by Gasteiger charge is -2.20. The number of carbonyl (C=O) groups excluding carboxylic acids is 1. The van der Waals surface area contributed by atoms with Crippen molar-refractivity contribution in [3.8, 4) is 16.3 Å². The Morgan fingerprint density at radius 2 is 2.09 bits per heavy atom. The Bertz CT molecular complexity index is 1250. The maximum atomic E-state index is 13.6. The Morgan fingerprint density at radius 1 is 1.29 bits per heavy atom. The molecule has 0 bridgehead atoms. The second kappa shape index (κ2) is 9.34. The van der Waals surface area contributed by atoms with Crippen LogP contribution < -0.4 is 15.0 Å². The van der Waals surface area contributed by atoms with E-state index in [0.717, 1.165) is 34.1 Å². The number of aryl methyl sites for hydroxylation is 2. The molecule has 8 nitrogen and oxygen atoms in total. The number of halogens is 2. The highest BCUT2D eigenvalue weighted by Gasteiger charge is 2.43. The average Bonchev–Trinajstić information content (AvgIpc) is 3.46. The molecule has 34 heavy (non-hydrogen) atoms. The van der Waals surface area contributed by atoms with Crippen LogP contribution in [0.3, 0.4) is 0 Å². The second-order valence-electron chi connectivity index (χ2n) is 7.73. The van der Waals surface area contributed by atoms with Crippen molar-refractivity contribution in [1.82, 2.24) is 9.36 Å². The molecule has 3 aromatic rings. The molecule has 4 rings (SSSR count). The van der Waals surface area contributed by atoms with Crippen molar-refractivity contribution in [2.75, 3.05) is 23.3 Å². The number of ether oxygens (including phenoxy) is 1. The molecule has 0 fully saturated rings. The van der Waals surface area contributed by atoms with E-state index in [1.807, 2.05) is 32.0 Å². The van der Waals surface area contributed by atoms with Crippen molar-refractivity contribution in [3.05, 3.63) is 53.3 Å². The zero-order chi connectivity index (χ0) is 24.5. The molecule has 1 aliphatic rings. The first-order valence-electron chi connectivity index (χ1n) is 10.6. The summed E-state index contributed by atoms with van der Waals surface area (Å²) in [5, 5.41) is 12.6. The molecular formula is C23H22F2N4O4S. The lowest BCUT2D eigenvalue weighted by atomic mass is 10.1. The molecule has 0 radical (unpaired) electrons. The minimum atomic E-state index is -4.36. The Morgan fingerprint density at radius 3 is 2.79 bits per heavy atom. The van der Waals surface area contributed by atoms with Gasteiger partial charge in [-0.3, -0.25) is 4.79 Å². The first-order valence-corrected chi connectivity index (χ1v) is 11.4. The molecular weight excluding hydrogens is 466 g/mol. The minimum Gasteiger partial charge on any atom is -0.474 e. The van der Waals surface area contributed by atoms with Gasteiger partial charge in [-0.25, -0.2) is 9.78 Å². The van der Waals surface area contributed by atoms with Crippen LogP contribution in [-0.2, 0) is 22.4 Å². The molecule has 178 valence electrons. The normalized spacial score (nSPS) is 13.0. The summed E-state index contributed by atoms with van der Waals surface area (Å²) in [7, 11) is 0. The SMILES string of the molecule is CCc1nsc(-c2ccc(C)c(NCC(=O)N3CCc4c(OC(F)(F)C(=O)O)cccc43)c2)n1. The summed E-state index contributed by atoms with van der Waals surface area (Å²) in [5.74, 6) is -2.10. The van der Waals surface area contributed by atoms with E-state index < -0.39 is 12.1 Å². The summed E-state index contributed by atoms with van der Waals surface area (Å²) < 4.78 is 35.9. The number of carboxylic acid groups (broad SMARTS) is 1. The van der Waals surface area contributed by atoms with Crippen LogP contribution in [0.4, 0.5) is 20.2 Å². The van der Waals surface area contributed by atoms with E-state index in [9.17, 15) is 18.4 Å². The molecule has 0 unspecified atom stereocenters. The molecule has 0 saturated heterocycles. The van der Waals surface area contributed by atoms with E-state index in [0.29, 0.717) is 11.3 Å². The highest BCUT2D eigenvalue weighted by atomic mass is 32.1. The van der Waals surface area contributed by atoms with Gasteiger partial charge in [-0.2, -0.15) is 13.2 Å². The molecule has 11 heteroatoms. The summed E-state index contributed by atoms with van der Waals surface area (Å²) >= 11 is 1.32. The van der Waals surface area contributed by atoms with E-state index in [1.165, 1.54) is 28.6 Å². The van der Waals surface area contributed by atoms with Gasteiger partial charge in [0.2, 0.25) is 5.91 Å². The molecule has 1 aliphatic heterocycles. The number of carboxylic acids is 1. The maximum Gasteiger partial charge on any atom is 0.501 e. The standard InChI is InChI=1S/C23H22F2N4O4S/c1-3-19-27-21(34-28-19)14-8-7-13(2)16(11-14)26-12-20(30)29-10-9-15-17(29)5-4-6-18(15)33-23(24,25)22(31)32/h4-8,11,26H,3,9-10,12H2,1-2H3,(H,31,32). The number of amides is 1. The number of rotatable bonds is 8. The number of aliphatic carboxylic acids is 1. The monoisotopic (exact) mass is 488 g/mol. The smallest absolute Gasteiger partial charge is 0.474 e. The molecule has 2 N–H and O–H groups in total. The number of carbonyl (C=O) groups is 2. The van der Waals surface area contributed by atoms with E-state index in [4.69, 9.17) is 5.11 Å². The summed E-state index contributed by atoms with van der Waals surface area (Å²) in [4.78, 5) is 29.7. The van der Waals surface area contributed by atoms with Crippen molar-refractivity contribution >= 4 is 34.8 Å². The number of alkyl halides is 2. The second-order valence-corrected chi connectivity index (χ2v) is 8.48. The van der Waals surface area contributed by atoms with Gasteiger partial charge in [0, 0.05) is 29.8 Å². The van der Waals surface area contributed by atoms with Crippen LogP contribution in [-0.4, -0.2) is 45.5 Å². The van der Waals surface area contributed by atoms with Gasteiger partial charge in [-0.15, -0.1) is 0 Å². The first-order chi connectivity index (χ1) is 16.2. The summed E-state index contributed by atoms with van der Waals surface area (Å²) in [5.41, 5.74) is 3.42. The number of fused-ring (bicyclic) bond motifs is 1. The van der Waals surface area contributed by atoms with Gasteiger partial charge in [-0.1, -0.05) is 25.1 Å². The summed E-state index contributed by atoms with van der Waals surface area (Å²) in [6.07, 6.45) is -3.33. The Kier molecular flexibility index (Phi) is 6.47. The number of aromatic nitrogens is 2. The van der Waals surface area contributed by atoms with E-state index in [2.05, 4.69) is 19.4 Å². The zero-order valence-corrected chi connectivity index (χ0v) is 19.3. The number of hydrogen-bond donors (Lipinski definition) is 2. The quantitative estimate of drug-likeness (QED) is 0.491. The van der Waals surface area contributed by atoms with Crippen molar-refractivity contribution in [2.45, 2.75) is 32.8 Å². The Balaban J connectivity index is 1.48. The van der Waals surface area contributed by atoms with Crippen LogP contribution >= 0.6 is 11.5 Å². The fourth-order valence-electron chi connectivity index (χ4n) is 3.67. The number of nitrogens with one attached hydrogen (secondary N) is 1. The number of hydrogen-bond acceptors (Lipinski definition) is 7. The number of anilines is 2. The third-order valence-electron chi connectivity index (χ3n) is 5.47. The van der Waals surface area contributed by atoms with Crippen LogP contribution in [0.15, 0.2) is 36.4 Å². The highest BCUT2D eigenvalue weighted by Crippen LogP contribution is 2.37. The van der Waals surface area contributed by atoms with E-state index >= 15 is 0 Å². The molecule has 0 atom stereocenters. The molecule has 2 heterocycles. The van der Waals surface area contributed by atoms with Gasteiger partial charge in [0.05, 0.1) is 12.2 Å². The van der Waals surface area contributed by atoms with Gasteiger partial charge in [-0.05, 0) is 48.6 Å². The Labute approximate surface area is 198 Å². The van der Waals surface area contributed by atoms with Gasteiger partial charge in [0.25, 0.3) is 0 Å². The molecule has 2 aromatic carbocycles. The highest BCUT2D eigenvalue weighted by molar-refractivity contribution is 7.09. The number of nitrogens with zero attached hydrogens (tertiary/aromatic N) is 3. The third kappa shape index (κ3) is 4.69. The summed E-state index contributed by atoms with van der Waals surface area (Å²) in [6.45, 7) is 4.17. The molecule has 0 spiro atoms. The van der Waals surface area contributed by atoms with Crippen molar-refractivity contribution in [3.63, 3.8) is 0 Å². The van der Waals surface area contributed by atoms with E-state index in [1.54, 1.807) is 6.07 Å². The van der Waals surface area contributed by atoms with Crippen molar-refractivity contribution < 1.29 is 28.2 Å². The fourth-order valence-corrected chi connectivity index (χ4v) is 4.41. The van der Waals surface area contributed by atoms with Crippen molar-refractivity contribution in [2.24, 2.45) is 0 Å². The maximum absolute atomic E-state index is 13.6. The fraction of sp³-hybridized carbons (Fsp3) is 0.304. The van der Waals surface area contributed by atoms with Gasteiger partial charge < -0.3 is 20.1 Å². The molecule has 0 aliphatic carbocycles. The van der Waals surface area contributed by atoms with E-state index in [-0.39, 0.29) is 31.2 Å². The van der Waals surface area contributed by atoms with Crippen LogP contribution in [0.25, 0.3) is 10.6 Å². The average molecular weight is 489 g/mol. The minimum absolute atomic E-state index is 0.0174. The van der Waals surface area contributed by atoms with Crippen molar-refractivity contribution in [1.29, 1.82) is 0 Å². The molecule has 0 saturated carbocycles. The van der Waals surface area contributed by atoms with Crippen LogP contribution in [0.5, 0.6) is 5.75 Å².